The van der Waals surface area contributed by atoms with E-state index in [1.165, 1.54) is 33.6 Å². The smallest absolute Gasteiger partial charge is 0.278 e. The number of thioether (sulfide) groups is 1. The van der Waals surface area contributed by atoms with Crippen molar-refractivity contribution >= 4 is 39.7 Å². The number of aromatic hydroxyl groups is 1. The summed E-state index contributed by atoms with van der Waals surface area (Å²) in [5.74, 6) is 0.00320. The van der Waals surface area contributed by atoms with Crippen LogP contribution in [0.25, 0.3) is 16.2 Å². The number of phenols is 1. The van der Waals surface area contributed by atoms with Crippen LogP contribution in [0.4, 0.5) is 0 Å². The fourth-order valence-corrected chi connectivity index (χ4v) is 3.70. The minimum absolute atomic E-state index is 0.00320. The monoisotopic (exact) mass is 349 g/mol. The Bertz CT molecular complexity index is 988. The molecule has 1 aromatic carbocycles. The van der Waals surface area contributed by atoms with Crippen molar-refractivity contribution in [2.45, 2.75) is 5.03 Å². The third kappa shape index (κ3) is 2.25. The molecule has 1 N–H and O–H groups in total. The van der Waals surface area contributed by atoms with Gasteiger partial charge >= 0.3 is 0 Å². The molecule has 0 aliphatic heterocycles. The van der Waals surface area contributed by atoms with Crippen molar-refractivity contribution in [3.63, 3.8) is 0 Å². The predicted octanol–water partition coefficient (Wildman–Crippen LogP) is 3.38. The maximum atomic E-state index is 12.6. The van der Waals surface area contributed by atoms with Gasteiger partial charge in [0.1, 0.15) is 22.4 Å². The van der Waals surface area contributed by atoms with Crippen LogP contribution in [-0.2, 0) is 0 Å². The molecule has 2 aromatic heterocycles. The molecule has 2 heterocycles. The number of halogens is 1. The normalized spacial score (nSPS) is 10.8. The van der Waals surface area contributed by atoms with Crippen LogP contribution in [0.15, 0.2) is 33.4 Å². The van der Waals surface area contributed by atoms with E-state index in [0.717, 1.165) is 0 Å². The minimum Gasteiger partial charge on any atom is -0.507 e. The van der Waals surface area contributed by atoms with Crippen LogP contribution < -0.4 is 5.56 Å². The van der Waals surface area contributed by atoms with Gasteiger partial charge in [-0.25, -0.2) is 9.38 Å². The number of fused-ring (bicyclic) bond motifs is 1. The molecule has 8 heteroatoms. The molecule has 0 atom stereocenters. The lowest BCUT2D eigenvalue weighted by atomic mass is 10.1. The number of hydrogen-bond donors (Lipinski definition) is 1. The molecule has 0 bridgehead atoms. The van der Waals surface area contributed by atoms with Crippen LogP contribution in [0.3, 0.4) is 0 Å². The van der Waals surface area contributed by atoms with Gasteiger partial charge in [-0.05, 0) is 24.5 Å². The van der Waals surface area contributed by atoms with Gasteiger partial charge in [0.2, 0.25) is 0 Å². The van der Waals surface area contributed by atoms with Crippen LogP contribution in [0.2, 0.25) is 5.02 Å². The van der Waals surface area contributed by atoms with E-state index in [9.17, 15) is 15.2 Å². The van der Waals surface area contributed by atoms with E-state index < -0.39 is 5.56 Å². The zero-order chi connectivity index (χ0) is 15.9. The first-order chi connectivity index (χ1) is 10.6. The zero-order valence-electron chi connectivity index (χ0n) is 11.2. The van der Waals surface area contributed by atoms with Crippen LogP contribution >= 0.6 is 34.7 Å². The lowest BCUT2D eigenvalue weighted by Gasteiger charge is -2.06. The number of rotatable bonds is 2. The molecule has 0 fully saturated rings. The van der Waals surface area contributed by atoms with Gasteiger partial charge in [0.15, 0.2) is 4.96 Å². The largest absolute Gasteiger partial charge is 0.507 e. The van der Waals surface area contributed by atoms with Gasteiger partial charge in [-0.1, -0.05) is 11.6 Å². The van der Waals surface area contributed by atoms with Crippen molar-refractivity contribution in [1.29, 1.82) is 5.26 Å². The van der Waals surface area contributed by atoms with Crippen molar-refractivity contribution < 1.29 is 5.11 Å². The van der Waals surface area contributed by atoms with Crippen molar-refractivity contribution in [3.05, 3.63) is 44.5 Å². The molecule has 5 nitrogen and oxygen atoms in total. The second-order valence-corrected chi connectivity index (χ2v) is 6.38. The van der Waals surface area contributed by atoms with E-state index >= 15 is 0 Å². The number of nitriles is 1. The van der Waals surface area contributed by atoms with E-state index in [2.05, 4.69) is 4.98 Å². The summed E-state index contributed by atoms with van der Waals surface area (Å²) in [5, 5.41) is 21.8. The van der Waals surface area contributed by atoms with E-state index in [1.807, 2.05) is 6.07 Å². The topological polar surface area (TPSA) is 78.4 Å². The van der Waals surface area contributed by atoms with Crippen LogP contribution in [0.5, 0.6) is 5.75 Å². The van der Waals surface area contributed by atoms with Gasteiger partial charge in [-0.3, -0.25) is 4.79 Å². The average Bonchev–Trinajstić information content (AvgIpc) is 2.93. The van der Waals surface area contributed by atoms with Gasteiger partial charge in [0, 0.05) is 16.0 Å². The summed E-state index contributed by atoms with van der Waals surface area (Å²) >= 11 is 8.47. The highest BCUT2D eigenvalue weighted by Gasteiger charge is 2.18. The summed E-state index contributed by atoms with van der Waals surface area (Å²) < 4.78 is 1.33. The molecule has 0 unspecified atom stereocenters. The van der Waals surface area contributed by atoms with E-state index in [0.29, 0.717) is 26.3 Å². The molecule has 0 radical (unpaired) electrons. The van der Waals surface area contributed by atoms with Gasteiger partial charge < -0.3 is 5.11 Å². The Balaban J connectivity index is 2.41. The summed E-state index contributed by atoms with van der Waals surface area (Å²) in [4.78, 5) is 17.4. The molecule has 3 rings (SSSR count). The Morgan fingerprint density at radius 3 is 2.95 bits per heavy atom. The molecule has 3 aromatic rings. The first-order valence-corrected chi connectivity index (χ1v) is 8.52. The number of phenolic OH excluding ortho intramolecular Hbond substituents is 1. The molecule has 22 heavy (non-hydrogen) atoms. The van der Waals surface area contributed by atoms with Crippen molar-refractivity contribution in [1.82, 2.24) is 9.38 Å². The summed E-state index contributed by atoms with van der Waals surface area (Å²) in [6.45, 7) is 0. The number of hydrogen-bond acceptors (Lipinski definition) is 6. The number of nitrogens with zero attached hydrogens (tertiary/aromatic N) is 3. The Labute approximate surface area is 138 Å². The molecule has 0 saturated carbocycles. The fourth-order valence-electron chi connectivity index (χ4n) is 2.08. The third-order valence-electron chi connectivity index (χ3n) is 3.08. The summed E-state index contributed by atoms with van der Waals surface area (Å²) in [6.07, 6.45) is 1.76. The van der Waals surface area contributed by atoms with Gasteiger partial charge in [-0.15, -0.1) is 23.1 Å². The first-order valence-electron chi connectivity index (χ1n) is 6.04. The Kier molecular flexibility index (Phi) is 3.83. The summed E-state index contributed by atoms with van der Waals surface area (Å²) in [6, 6.07) is 6.49. The second-order valence-electron chi connectivity index (χ2n) is 4.31. The Hall–Kier alpha value is -2.01. The van der Waals surface area contributed by atoms with E-state index in [-0.39, 0.29) is 11.3 Å². The Morgan fingerprint density at radius 2 is 2.27 bits per heavy atom. The van der Waals surface area contributed by atoms with E-state index in [4.69, 9.17) is 11.6 Å². The molecular formula is C14H8ClN3O2S2. The number of benzene rings is 1. The van der Waals surface area contributed by atoms with Crippen LogP contribution in [0, 0.1) is 11.3 Å². The highest BCUT2D eigenvalue weighted by atomic mass is 35.5. The molecule has 0 spiro atoms. The maximum Gasteiger partial charge on any atom is 0.278 e. The maximum absolute atomic E-state index is 12.6. The molecule has 0 saturated heterocycles. The van der Waals surface area contributed by atoms with Crippen molar-refractivity contribution in [2.24, 2.45) is 0 Å². The zero-order valence-corrected chi connectivity index (χ0v) is 13.6. The standard InChI is InChI=1S/C14H8ClN3O2S2/c1-21-12-9(5-16)13(20)18-10(6-22-14(18)17-12)8-4-7(15)2-3-11(8)19/h2-4,6,19H,1H3. The van der Waals surface area contributed by atoms with Gasteiger partial charge in [0.25, 0.3) is 5.56 Å². The molecule has 0 amide bonds. The third-order valence-corrected chi connectivity index (χ3v) is 4.82. The van der Waals surface area contributed by atoms with E-state index in [1.54, 1.807) is 23.8 Å². The average molecular weight is 350 g/mol. The van der Waals surface area contributed by atoms with Gasteiger partial charge in [-0.2, -0.15) is 5.26 Å². The molecule has 0 aliphatic rings. The lowest BCUT2D eigenvalue weighted by Crippen LogP contribution is -2.19. The quantitative estimate of drug-likeness (QED) is 0.567. The number of aromatic nitrogens is 2. The summed E-state index contributed by atoms with van der Waals surface area (Å²) in [7, 11) is 0. The summed E-state index contributed by atoms with van der Waals surface area (Å²) in [5.41, 5.74) is 0.420. The fraction of sp³-hybridized carbons (Fsp3) is 0.0714. The predicted molar refractivity (Wildman–Crippen MR) is 87.9 cm³/mol. The first kappa shape index (κ1) is 14.9. The highest BCUT2D eigenvalue weighted by Crippen LogP contribution is 2.34. The Morgan fingerprint density at radius 1 is 1.50 bits per heavy atom. The molecule has 0 aliphatic carbocycles. The molecular weight excluding hydrogens is 342 g/mol. The van der Waals surface area contributed by atoms with Crippen LogP contribution in [-0.4, -0.2) is 20.7 Å². The van der Waals surface area contributed by atoms with Crippen molar-refractivity contribution in [2.75, 3.05) is 6.26 Å². The molecule has 110 valence electrons. The van der Waals surface area contributed by atoms with Gasteiger partial charge in [0.05, 0.1) is 5.69 Å². The lowest BCUT2D eigenvalue weighted by molar-refractivity contribution is 0.477. The van der Waals surface area contributed by atoms with Crippen LogP contribution in [0.1, 0.15) is 5.56 Å². The second kappa shape index (κ2) is 5.65. The highest BCUT2D eigenvalue weighted by molar-refractivity contribution is 7.98. The number of thiazole rings is 1. The SMILES string of the molecule is CSc1nc2scc(-c3cc(Cl)ccc3O)n2c(=O)c1C#N. The van der Waals surface area contributed by atoms with Crippen molar-refractivity contribution in [3.8, 4) is 23.1 Å². The minimum atomic E-state index is -0.451.